The fourth-order valence-corrected chi connectivity index (χ4v) is 4.17. The number of hydrogen-bond acceptors (Lipinski definition) is 4. The predicted octanol–water partition coefficient (Wildman–Crippen LogP) is 2.48. The molecule has 7 heteroatoms. The molecular formula is C21H23ClN4O2. The number of rotatable bonds is 6. The molecular weight excluding hydrogens is 376 g/mol. The summed E-state index contributed by atoms with van der Waals surface area (Å²) in [5.74, 6) is 0.828. The number of imidazole rings is 1. The van der Waals surface area contributed by atoms with Gasteiger partial charge in [-0.1, -0.05) is 35.9 Å². The zero-order valence-electron chi connectivity index (χ0n) is 15.7. The highest BCUT2D eigenvalue weighted by atomic mass is 35.5. The Kier molecular flexibility index (Phi) is 5.00. The van der Waals surface area contributed by atoms with E-state index in [0.29, 0.717) is 31.1 Å². The van der Waals surface area contributed by atoms with Gasteiger partial charge in [-0.15, -0.1) is 0 Å². The number of hydrogen-bond donors (Lipinski definition) is 2. The van der Waals surface area contributed by atoms with Gasteiger partial charge in [-0.2, -0.15) is 0 Å². The van der Waals surface area contributed by atoms with Crippen LogP contribution >= 0.6 is 11.6 Å². The Morgan fingerprint density at radius 1 is 1.21 bits per heavy atom. The summed E-state index contributed by atoms with van der Waals surface area (Å²) in [5, 5.41) is 13.0. The maximum absolute atomic E-state index is 12.7. The summed E-state index contributed by atoms with van der Waals surface area (Å²) in [5.41, 5.74) is 2.45. The number of amides is 1. The topological polar surface area (TPSA) is 70.4 Å². The number of aromatic nitrogens is 2. The molecule has 146 valence electrons. The van der Waals surface area contributed by atoms with Gasteiger partial charge in [0.05, 0.1) is 23.1 Å². The Morgan fingerprint density at radius 3 is 2.61 bits per heavy atom. The van der Waals surface area contributed by atoms with Crippen molar-refractivity contribution in [3.63, 3.8) is 0 Å². The number of carbonyl (C=O) groups is 1. The Bertz CT molecular complexity index is 993. The highest BCUT2D eigenvalue weighted by Gasteiger charge is 2.50. The molecule has 1 aliphatic rings. The molecule has 0 radical (unpaired) electrons. The number of carbonyl (C=O) groups excluding carboxylic acids is 1. The normalized spacial score (nSPS) is 15.5. The summed E-state index contributed by atoms with van der Waals surface area (Å²) in [6, 6.07) is 15.5. The first-order chi connectivity index (χ1) is 13.6. The third kappa shape index (κ3) is 3.23. The molecule has 0 aliphatic carbocycles. The van der Waals surface area contributed by atoms with Crippen molar-refractivity contribution in [1.82, 2.24) is 14.9 Å². The summed E-state index contributed by atoms with van der Waals surface area (Å²) >= 11 is 5.99. The Hall–Kier alpha value is -2.57. The van der Waals surface area contributed by atoms with Crippen molar-refractivity contribution in [2.24, 2.45) is 5.41 Å². The van der Waals surface area contributed by atoms with Crippen LogP contribution in [0.2, 0.25) is 5.02 Å². The van der Waals surface area contributed by atoms with E-state index in [1.807, 2.05) is 53.1 Å². The highest BCUT2D eigenvalue weighted by Crippen LogP contribution is 2.38. The maximum atomic E-state index is 12.7. The van der Waals surface area contributed by atoms with Gasteiger partial charge in [-0.25, -0.2) is 4.98 Å². The summed E-state index contributed by atoms with van der Waals surface area (Å²) in [6.07, 6.45) is 0.639. The standard InChI is InChI=1S/C21H23ClN4O2/c1-23-19(28)21(12-15-6-8-16(22)9-7-15)13-25(14-21)20-24-17-4-2-3-5-18(17)26(20)10-11-27/h2-9,27H,10-14H2,1H3,(H,23,28). The molecule has 1 saturated heterocycles. The number of nitrogens with zero attached hydrogens (tertiary/aromatic N) is 3. The molecule has 0 atom stereocenters. The summed E-state index contributed by atoms with van der Waals surface area (Å²) in [6.45, 7) is 1.65. The van der Waals surface area contributed by atoms with Crippen LogP contribution in [-0.2, 0) is 17.8 Å². The van der Waals surface area contributed by atoms with E-state index < -0.39 is 5.41 Å². The van der Waals surface area contributed by atoms with Gasteiger partial charge in [0.1, 0.15) is 0 Å². The van der Waals surface area contributed by atoms with E-state index >= 15 is 0 Å². The van der Waals surface area contributed by atoms with Crippen molar-refractivity contribution in [2.75, 3.05) is 31.6 Å². The second-order valence-electron chi connectivity index (χ2n) is 7.29. The van der Waals surface area contributed by atoms with Gasteiger partial charge in [0.15, 0.2) is 0 Å². The number of halogens is 1. The fourth-order valence-electron chi connectivity index (χ4n) is 4.04. The van der Waals surface area contributed by atoms with E-state index in [1.165, 1.54) is 0 Å². The van der Waals surface area contributed by atoms with Crippen LogP contribution in [0.1, 0.15) is 5.56 Å². The monoisotopic (exact) mass is 398 g/mol. The zero-order valence-corrected chi connectivity index (χ0v) is 16.5. The molecule has 1 aliphatic heterocycles. The molecule has 4 rings (SSSR count). The van der Waals surface area contributed by atoms with Crippen LogP contribution < -0.4 is 10.2 Å². The van der Waals surface area contributed by atoms with E-state index in [-0.39, 0.29) is 12.5 Å². The predicted molar refractivity (Wildman–Crippen MR) is 111 cm³/mol. The molecule has 2 heterocycles. The number of benzene rings is 2. The van der Waals surface area contributed by atoms with E-state index in [2.05, 4.69) is 10.2 Å². The fraction of sp³-hybridized carbons (Fsp3) is 0.333. The van der Waals surface area contributed by atoms with Crippen molar-refractivity contribution < 1.29 is 9.90 Å². The zero-order chi connectivity index (χ0) is 19.7. The lowest BCUT2D eigenvalue weighted by Gasteiger charge is -2.49. The summed E-state index contributed by atoms with van der Waals surface area (Å²) < 4.78 is 2.02. The van der Waals surface area contributed by atoms with E-state index in [0.717, 1.165) is 22.5 Å². The number of para-hydroxylation sites is 2. The molecule has 28 heavy (non-hydrogen) atoms. The largest absolute Gasteiger partial charge is 0.395 e. The third-order valence-corrected chi connectivity index (χ3v) is 5.64. The van der Waals surface area contributed by atoms with Crippen LogP contribution in [0.15, 0.2) is 48.5 Å². The minimum Gasteiger partial charge on any atom is -0.395 e. The van der Waals surface area contributed by atoms with Crippen molar-refractivity contribution in [3.05, 3.63) is 59.1 Å². The quantitative estimate of drug-likeness (QED) is 0.669. The van der Waals surface area contributed by atoms with Crippen molar-refractivity contribution in [3.8, 4) is 0 Å². The van der Waals surface area contributed by atoms with Crippen LogP contribution in [0.25, 0.3) is 11.0 Å². The summed E-state index contributed by atoms with van der Waals surface area (Å²) in [4.78, 5) is 19.6. The smallest absolute Gasteiger partial charge is 0.229 e. The average molecular weight is 399 g/mol. The van der Waals surface area contributed by atoms with Crippen molar-refractivity contribution in [1.29, 1.82) is 0 Å². The number of fused-ring (bicyclic) bond motifs is 1. The second-order valence-corrected chi connectivity index (χ2v) is 7.73. The first kappa shape index (κ1) is 18.8. The molecule has 2 N–H and O–H groups in total. The van der Waals surface area contributed by atoms with Gasteiger partial charge in [-0.05, 0) is 36.2 Å². The summed E-state index contributed by atoms with van der Waals surface area (Å²) in [7, 11) is 1.68. The van der Waals surface area contributed by atoms with Crippen molar-refractivity contribution in [2.45, 2.75) is 13.0 Å². The van der Waals surface area contributed by atoms with E-state index in [1.54, 1.807) is 7.05 Å². The Morgan fingerprint density at radius 2 is 1.93 bits per heavy atom. The molecule has 1 aromatic heterocycles. The van der Waals surface area contributed by atoms with Gasteiger partial charge >= 0.3 is 0 Å². The lowest BCUT2D eigenvalue weighted by Crippen LogP contribution is -2.64. The highest BCUT2D eigenvalue weighted by molar-refractivity contribution is 6.30. The lowest BCUT2D eigenvalue weighted by atomic mass is 9.74. The van der Waals surface area contributed by atoms with Gasteiger partial charge in [-0.3, -0.25) is 4.79 Å². The van der Waals surface area contributed by atoms with Crippen molar-refractivity contribution >= 4 is 34.5 Å². The molecule has 0 spiro atoms. The second kappa shape index (κ2) is 7.45. The third-order valence-electron chi connectivity index (χ3n) is 5.39. The van der Waals surface area contributed by atoms with Crippen LogP contribution in [-0.4, -0.2) is 47.3 Å². The Labute approximate surface area is 168 Å². The van der Waals surface area contributed by atoms with Crippen LogP contribution in [0.3, 0.4) is 0 Å². The minimum absolute atomic E-state index is 0.0310. The van der Waals surface area contributed by atoms with E-state index in [9.17, 15) is 9.90 Å². The molecule has 2 aromatic carbocycles. The minimum atomic E-state index is -0.509. The number of aliphatic hydroxyl groups is 1. The molecule has 1 amide bonds. The lowest BCUT2D eigenvalue weighted by molar-refractivity contribution is -0.132. The van der Waals surface area contributed by atoms with Gasteiger partial charge in [0.2, 0.25) is 11.9 Å². The van der Waals surface area contributed by atoms with Crippen LogP contribution in [0, 0.1) is 5.41 Å². The van der Waals surface area contributed by atoms with Crippen LogP contribution in [0.4, 0.5) is 5.95 Å². The molecule has 6 nitrogen and oxygen atoms in total. The first-order valence-electron chi connectivity index (χ1n) is 9.34. The Balaban J connectivity index is 1.62. The molecule has 0 saturated carbocycles. The van der Waals surface area contributed by atoms with E-state index in [4.69, 9.17) is 16.6 Å². The maximum Gasteiger partial charge on any atom is 0.229 e. The van der Waals surface area contributed by atoms with Gasteiger partial charge in [0.25, 0.3) is 0 Å². The first-order valence-corrected chi connectivity index (χ1v) is 9.72. The molecule has 0 unspecified atom stereocenters. The van der Waals surface area contributed by atoms with Gasteiger partial charge in [0, 0.05) is 31.7 Å². The number of anilines is 1. The molecule has 1 fully saturated rings. The SMILES string of the molecule is CNC(=O)C1(Cc2ccc(Cl)cc2)CN(c2nc3ccccc3n2CCO)C1. The average Bonchev–Trinajstić information content (AvgIpc) is 3.04. The molecule has 0 bridgehead atoms. The number of aliphatic hydroxyl groups excluding tert-OH is 1. The molecule has 3 aromatic rings. The van der Waals surface area contributed by atoms with Gasteiger partial charge < -0.3 is 19.9 Å². The van der Waals surface area contributed by atoms with Crippen LogP contribution in [0.5, 0.6) is 0 Å². The number of nitrogens with one attached hydrogen (secondary N) is 1.